The number of hydroxylamine groups is 2. The third-order valence-electron chi connectivity index (χ3n) is 1.30. The van der Waals surface area contributed by atoms with Crippen molar-refractivity contribution in [2.24, 2.45) is 0 Å². The van der Waals surface area contributed by atoms with Crippen molar-refractivity contribution in [1.29, 1.82) is 0 Å². The molecule has 0 heterocycles. The van der Waals surface area contributed by atoms with E-state index in [9.17, 15) is 14.8 Å². The van der Waals surface area contributed by atoms with Crippen molar-refractivity contribution in [3.8, 4) is 0 Å². The van der Waals surface area contributed by atoms with Gasteiger partial charge < -0.3 is 15.1 Å². The summed E-state index contributed by atoms with van der Waals surface area (Å²) < 4.78 is 4.52. The van der Waals surface area contributed by atoms with E-state index in [1.807, 2.05) is 0 Å². The van der Waals surface area contributed by atoms with Gasteiger partial charge in [0, 0.05) is 6.08 Å². The third-order valence-corrected chi connectivity index (χ3v) is 1.30. The number of hydrogen-bond donors (Lipinski definition) is 2. The van der Waals surface area contributed by atoms with E-state index in [4.69, 9.17) is 5.11 Å². The molecule has 1 atom stereocenters. The second kappa shape index (κ2) is 7.92. The fourth-order valence-electron chi connectivity index (χ4n) is 0.638. The first-order valence-corrected chi connectivity index (χ1v) is 4.23. The molecule has 86 valence electrons. The summed E-state index contributed by atoms with van der Waals surface area (Å²) in [5.74, 6) is -1.67. The fourth-order valence-corrected chi connectivity index (χ4v) is 0.638. The number of quaternary nitrogens is 1. The van der Waals surface area contributed by atoms with Gasteiger partial charge in [-0.05, 0) is 0 Å². The van der Waals surface area contributed by atoms with E-state index in [1.165, 1.54) is 0 Å². The summed E-state index contributed by atoms with van der Waals surface area (Å²) in [4.78, 5) is 25.2. The number of aliphatic carboxylic acids is 1. The Morgan fingerprint density at radius 1 is 1.47 bits per heavy atom. The van der Waals surface area contributed by atoms with Crippen LogP contribution in [-0.4, -0.2) is 36.8 Å². The van der Waals surface area contributed by atoms with Gasteiger partial charge in [0.1, 0.15) is 19.8 Å². The van der Waals surface area contributed by atoms with Gasteiger partial charge in [-0.3, -0.25) is 4.79 Å². The quantitative estimate of drug-likeness (QED) is 0.223. The second-order valence-corrected chi connectivity index (χ2v) is 2.49. The highest BCUT2D eigenvalue weighted by Crippen LogP contribution is 1.78. The number of rotatable bonds is 8. The average Bonchev–Trinajstić information content (AvgIpc) is 2.21. The third kappa shape index (κ3) is 8.88. The van der Waals surface area contributed by atoms with E-state index < -0.39 is 17.2 Å². The average molecular weight is 219 g/mol. The van der Waals surface area contributed by atoms with Gasteiger partial charge >= 0.3 is 11.9 Å². The van der Waals surface area contributed by atoms with E-state index in [0.29, 0.717) is 0 Å². The normalized spacial score (nSPS) is 11.8. The Hall–Kier alpha value is -1.44. The second-order valence-electron chi connectivity index (χ2n) is 2.49. The number of esters is 1. The topological polar surface area (TPSA) is 100 Å². The molecule has 0 amide bonds. The molecular weight excluding hydrogens is 206 g/mol. The molecule has 7 nitrogen and oxygen atoms in total. The summed E-state index contributed by atoms with van der Waals surface area (Å²) >= 11 is 0. The summed E-state index contributed by atoms with van der Waals surface area (Å²) in [5.41, 5.74) is 0. The Balaban J connectivity index is 3.38. The Morgan fingerprint density at radius 3 is 2.67 bits per heavy atom. The minimum atomic E-state index is -1.06. The number of carboxylic acid groups (broad SMARTS) is 1. The molecule has 0 aliphatic heterocycles. The molecule has 0 bridgehead atoms. The Morgan fingerprint density at radius 2 is 2.13 bits per heavy atom. The summed E-state index contributed by atoms with van der Waals surface area (Å²) in [6, 6.07) is 0. The molecule has 7 heteroatoms. The van der Waals surface area contributed by atoms with Crippen LogP contribution in [0.1, 0.15) is 6.42 Å². The van der Waals surface area contributed by atoms with Crippen LogP contribution in [0.3, 0.4) is 0 Å². The minimum Gasteiger partial charge on any atom is -0.600 e. The van der Waals surface area contributed by atoms with Gasteiger partial charge in [0.15, 0.2) is 0 Å². The van der Waals surface area contributed by atoms with Gasteiger partial charge in [-0.1, -0.05) is 6.58 Å². The van der Waals surface area contributed by atoms with Crippen molar-refractivity contribution in [2.75, 3.05) is 19.8 Å². The zero-order valence-corrected chi connectivity index (χ0v) is 8.10. The Bertz CT molecular complexity index is 229. The van der Waals surface area contributed by atoms with Crippen molar-refractivity contribution >= 4 is 11.9 Å². The van der Waals surface area contributed by atoms with Gasteiger partial charge in [-0.15, -0.1) is 0 Å². The molecule has 0 saturated carbocycles. The maximum absolute atomic E-state index is 10.8. The zero-order valence-electron chi connectivity index (χ0n) is 8.10. The molecule has 0 radical (unpaired) electrons. The van der Waals surface area contributed by atoms with E-state index in [2.05, 4.69) is 16.2 Å². The number of nitrogens with one attached hydrogen (secondary N) is 1. The lowest BCUT2D eigenvalue weighted by Crippen LogP contribution is -3.06. The molecule has 1 unspecified atom stereocenters. The van der Waals surface area contributed by atoms with Crippen LogP contribution in [0.25, 0.3) is 0 Å². The number of hydrogen-bond acceptors (Lipinski definition) is 5. The van der Waals surface area contributed by atoms with E-state index in [-0.39, 0.29) is 26.2 Å². The SMILES string of the molecule is C=CC(=O)OCCO[NH+]([O-])CCC(=O)O. The molecular formula is C8H13NO6. The van der Waals surface area contributed by atoms with E-state index >= 15 is 0 Å². The van der Waals surface area contributed by atoms with Crippen LogP contribution in [0.5, 0.6) is 0 Å². The number of carbonyl (C=O) groups is 2. The summed E-state index contributed by atoms with van der Waals surface area (Å²) in [6.45, 7) is 2.83. The number of carbonyl (C=O) groups excluding carboxylic acids is 1. The predicted molar refractivity (Wildman–Crippen MR) is 48.6 cm³/mol. The van der Waals surface area contributed by atoms with E-state index in [1.54, 1.807) is 0 Å². The molecule has 0 aromatic heterocycles. The first-order valence-electron chi connectivity index (χ1n) is 4.23. The molecule has 0 aromatic rings. The van der Waals surface area contributed by atoms with E-state index in [0.717, 1.165) is 6.08 Å². The van der Waals surface area contributed by atoms with Crippen LogP contribution < -0.4 is 5.23 Å². The predicted octanol–water partition coefficient (Wildman–Crippen LogP) is -1.50. The molecule has 0 aliphatic carbocycles. The van der Waals surface area contributed by atoms with Crippen LogP contribution in [0, 0.1) is 5.21 Å². The van der Waals surface area contributed by atoms with Crippen molar-refractivity contribution in [3.05, 3.63) is 17.9 Å². The van der Waals surface area contributed by atoms with Crippen LogP contribution in [0.2, 0.25) is 0 Å². The zero-order chi connectivity index (χ0) is 11.7. The highest BCUT2D eigenvalue weighted by atomic mass is 16.9. The molecule has 15 heavy (non-hydrogen) atoms. The molecule has 0 saturated heterocycles. The number of ether oxygens (including phenoxy) is 1. The molecule has 0 fully saturated rings. The van der Waals surface area contributed by atoms with Crippen LogP contribution in [0.15, 0.2) is 12.7 Å². The molecule has 0 aliphatic rings. The van der Waals surface area contributed by atoms with Crippen LogP contribution in [-0.2, 0) is 19.2 Å². The van der Waals surface area contributed by atoms with Crippen LogP contribution >= 0.6 is 0 Å². The smallest absolute Gasteiger partial charge is 0.330 e. The first kappa shape index (κ1) is 13.6. The lowest BCUT2D eigenvalue weighted by Gasteiger charge is -2.18. The minimum absolute atomic E-state index is 0.0658. The number of carboxylic acids is 1. The van der Waals surface area contributed by atoms with Crippen molar-refractivity contribution < 1.29 is 29.5 Å². The van der Waals surface area contributed by atoms with Gasteiger partial charge in [0.25, 0.3) is 0 Å². The van der Waals surface area contributed by atoms with Gasteiger partial charge in [-0.25, -0.2) is 14.9 Å². The molecule has 0 aromatic carbocycles. The van der Waals surface area contributed by atoms with Gasteiger partial charge in [0.05, 0.1) is 6.42 Å². The lowest BCUT2D eigenvalue weighted by atomic mass is 10.4. The lowest BCUT2D eigenvalue weighted by molar-refractivity contribution is -1.05. The van der Waals surface area contributed by atoms with Crippen molar-refractivity contribution in [2.45, 2.75) is 6.42 Å². The summed E-state index contributed by atoms with van der Waals surface area (Å²) in [6.07, 6.45) is 0.720. The Kier molecular flexibility index (Phi) is 7.16. The standard InChI is InChI=1S/C8H13NO6/c1-2-8(12)14-5-6-15-9(13)4-3-7(10)11/h2,9H,1,3-6H2,(H,10,11). The van der Waals surface area contributed by atoms with Crippen LogP contribution in [0.4, 0.5) is 0 Å². The molecule has 0 rings (SSSR count). The summed E-state index contributed by atoms with van der Waals surface area (Å²) in [7, 11) is 0. The van der Waals surface area contributed by atoms with Gasteiger partial charge in [-0.2, -0.15) is 0 Å². The van der Waals surface area contributed by atoms with Crippen molar-refractivity contribution in [3.63, 3.8) is 0 Å². The fraction of sp³-hybridized carbons (Fsp3) is 0.500. The monoisotopic (exact) mass is 219 g/mol. The summed E-state index contributed by atoms with van der Waals surface area (Å²) in [5, 5.41) is 18.4. The van der Waals surface area contributed by atoms with Gasteiger partial charge in [0.2, 0.25) is 0 Å². The maximum atomic E-state index is 10.8. The van der Waals surface area contributed by atoms with Crippen molar-refractivity contribution in [1.82, 2.24) is 0 Å². The molecule has 0 spiro atoms. The first-order chi connectivity index (χ1) is 7.06. The Labute approximate surface area is 86.4 Å². The maximum Gasteiger partial charge on any atom is 0.330 e. The highest BCUT2D eigenvalue weighted by Gasteiger charge is 2.03. The highest BCUT2D eigenvalue weighted by molar-refractivity contribution is 5.81. The molecule has 2 N–H and O–H groups in total. The largest absolute Gasteiger partial charge is 0.600 e.